The Bertz CT molecular complexity index is 1540. The molecule has 2 aliphatic rings. The Morgan fingerprint density at radius 3 is 2.77 bits per heavy atom. The van der Waals surface area contributed by atoms with E-state index in [1.54, 1.807) is 30.5 Å². The smallest absolute Gasteiger partial charge is 0.256 e. The third-order valence-electron chi connectivity index (χ3n) is 7.56. The highest BCUT2D eigenvalue weighted by molar-refractivity contribution is 6.05. The average Bonchev–Trinajstić information content (AvgIpc) is 3.36. The highest BCUT2D eigenvalue weighted by Crippen LogP contribution is 2.38. The Morgan fingerprint density at radius 2 is 1.95 bits per heavy atom. The number of nitrogens with zero attached hydrogens (tertiary/aromatic N) is 4. The summed E-state index contributed by atoms with van der Waals surface area (Å²) in [6.45, 7) is 0. The third-order valence-corrected chi connectivity index (χ3v) is 7.56. The van der Waals surface area contributed by atoms with Crippen LogP contribution in [0.2, 0.25) is 0 Å². The molecule has 0 saturated heterocycles. The topological polar surface area (TPSA) is 128 Å². The zero-order chi connectivity index (χ0) is 26.8. The Kier molecular flexibility index (Phi) is 6.79. The molecule has 3 aromatic heterocycles. The van der Waals surface area contributed by atoms with Gasteiger partial charge in [0.05, 0.1) is 16.9 Å². The van der Waals surface area contributed by atoms with Gasteiger partial charge in [-0.2, -0.15) is 5.10 Å². The van der Waals surface area contributed by atoms with Crippen molar-refractivity contribution >= 4 is 34.4 Å². The van der Waals surface area contributed by atoms with Crippen LogP contribution in [0, 0.1) is 0 Å². The van der Waals surface area contributed by atoms with Gasteiger partial charge in [-0.15, -0.1) is 0 Å². The average molecular weight is 522 g/mol. The maximum Gasteiger partial charge on any atom is 0.256 e. The number of fused-ring (bicyclic) bond motifs is 3. The second-order valence-electron chi connectivity index (χ2n) is 10.2. The molecule has 2 atom stereocenters. The minimum absolute atomic E-state index is 0.103. The van der Waals surface area contributed by atoms with Crippen molar-refractivity contribution in [1.82, 2.24) is 25.1 Å². The summed E-state index contributed by atoms with van der Waals surface area (Å²) in [5.41, 5.74) is 10.7. The highest BCUT2D eigenvalue weighted by atomic mass is 16.2. The number of benzene rings is 1. The molecule has 9 heteroatoms. The van der Waals surface area contributed by atoms with Crippen molar-refractivity contribution < 1.29 is 9.59 Å². The molecule has 4 heterocycles. The number of pyridine rings is 2. The first-order valence-electron chi connectivity index (χ1n) is 13.5. The molecule has 1 aromatic carbocycles. The predicted molar refractivity (Wildman–Crippen MR) is 151 cm³/mol. The van der Waals surface area contributed by atoms with E-state index in [4.69, 9.17) is 10.8 Å². The van der Waals surface area contributed by atoms with Crippen molar-refractivity contribution in [3.05, 3.63) is 78.1 Å². The summed E-state index contributed by atoms with van der Waals surface area (Å²) in [7, 11) is 0. The summed E-state index contributed by atoms with van der Waals surface area (Å²) in [6.07, 6.45) is 13.3. The van der Waals surface area contributed by atoms with Crippen molar-refractivity contribution in [2.45, 2.75) is 57.0 Å². The molecule has 0 unspecified atom stereocenters. The molecule has 0 radical (unpaired) electrons. The van der Waals surface area contributed by atoms with E-state index in [1.807, 2.05) is 24.4 Å². The van der Waals surface area contributed by atoms with Crippen LogP contribution in [0.5, 0.6) is 0 Å². The molecule has 1 aliphatic carbocycles. The summed E-state index contributed by atoms with van der Waals surface area (Å²) in [5.74, 6) is 0.799. The van der Waals surface area contributed by atoms with Crippen LogP contribution in [0.3, 0.4) is 0 Å². The van der Waals surface area contributed by atoms with Gasteiger partial charge in [0.15, 0.2) is 0 Å². The highest BCUT2D eigenvalue weighted by Gasteiger charge is 2.29. The number of carbonyl (C=O) groups is 2. The molecule has 1 saturated carbocycles. The van der Waals surface area contributed by atoms with Crippen LogP contribution in [0.25, 0.3) is 22.2 Å². The fraction of sp³-hybridized carbons (Fsp3) is 0.300. The van der Waals surface area contributed by atoms with Gasteiger partial charge in [-0.05, 0) is 62.8 Å². The van der Waals surface area contributed by atoms with E-state index in [2.05, 4.69) is 37.4 Å². The van der Waals surface area contributed by atoms with E-state index < -0.39 is 0 Å². The summed E-state index contributed by atoms with van der Waals surface area (Å²) in [6, 6.07) is 13.0. The van der Waals surface area contributed by atoms with Gasteiger partial charge in [0.2, 0.25) is 5.91 Å². The Morgan fingerprint density at radius 1 is 1.08 bits per heavy atom. The number of aromatic nitrogens is 4. The fourth-order valence-corrected chi connectivity index (χ4v) is 5.64. The molecular weight excluding hydrogens is 490 g/mol. The van der Waals surface area contributed by atoms with Gasteiger partial charge in [0.1, 0.15) is 17.3 Å². The number of rotatable bonds is 3. The van der Waals surface area contributed by atoms with Crippen molar-refractivity contribution in [2.75, 3.05) is 11.1 Å². The van der Waals surface area contributed by atoms with E-state index in [0.717, 1.165) is 53.4 Å². The lowest BCUT2D eigenvalue weighted by molar-refractivity contribution is -0.122. The number of allylic oxidation sites excluding steroid dienone is 2. The molecule has 9 nitrogen and oxygen atoms in total. The van der Waals surface area contributed by atoms with Crippen LogP contribution in [0.15, 0.2) is 67.0 Å². The number of nitrogens with one attached hydrogen (secondary N) is 2. The van der Waals surface area contributed by atoms with Gasteiger partial charge in [0, 0.05) is 41.5 Å². The van der Waals surface area contributed by atoms with Crippen LogP contribution in [0.4, 0.5) is 11.6 Å². The lowest BCUT2D eigenvalue weighted by Gasteiger charge is -2.30. The minimum atomic E-state index is -0.234. The van der Waals surface area contributed by atoms with Crippen LogP contribution >= 0.6 is 0 Å². The second kappa shape index (κ2) is 10.7. The van der Waals surface area contributed by atoms with E-state index in [0.29, 0.717) is 36.5 Å². The van der Waals surface area contributed by atoms with Crippen LogP contribution < -0.4 is 16.4 Å². The predicted octanol–water partition coefficient (Wildman–Crippen LogP) is 4.82. The van der Waals surface area contributed by atoms with Gasteiger partial charge in [-0.3, -0.25) is 14.3 Å². The number of carbonyl (C=O) groups excluding carboxylic acids is 2. The summed E-state index contributed by atoms with van der Waals surface area (Å²) < 4.78 is 2.11. The summed E-state index contributed by atoms with van der Waals surface area (Å²) in [4.78, 5) is 33.9. The SMILES string of the molecule is Nc1ncc2c3c1c(-c1ccc(C(=O)Nc4ccccn4)cc1)nn3[C@@H]1CCC[C@H](C1)NC(=O)CC/C=C/C2. The quantitative estimate of drug-likeness (QED) is 0.332. The van der Waals surface area contributed by atoms with Gasteiger partial charge in [-0.1, -0.05) is 30.4 Å². The lowest BCUT2D eigenvalue weighted by atomic mass is 9.90. The number of nitrogens with two attached hydrogens (primary N) is 1. The molecule has 39 heavy (non-hydrogen) atoms. The first-order valence-corrected chi connectivity index (χ1v) is 13.5. The van der Waals surface area contributed by atoms with Crippen molar-refractivity contribution in [3.63, 3.8) is 0 Å². The monoisotopic (exact) mass is 521 g/mol. The largest absolute Gasteiger partial charge is 0.383 e. The number of nitrogen functional groups attached to an aromatic ring is 1. The molecule has 1 fully saturated rings. The number of amides is 2. The van der Waals surface area contributed by atoms with Crippen molar-refractivity contribution in [2.24, 2.45) is 0 Å². The number of anilines is 2. The third kappa shape index (κ3) is 5.12. The van der Waals surface area contributed by atoms with E-state index in [9.17, 15) is 9.59 Å². The van der Waals surface area contributed by atoms with Crippen LogP contribution in [0.1, 0.15) is 60.5 Å². The van der Waals surface area contributed by atoms with Gasteiger partial charge >= 0.3 is 0 Å². The normalized spacial score (nSPS) is 20.3. The van der Waals surface area contributed by atoms with Gasteiger partial charge in [0.25, 0.3) is 5.91 Å². The maximum atomic E-state index is 12.8. The molecule has 2 bridgehead atoms. The molecule has 6 rings (SSSR count). The van der Waals surface area contributed by atoms with Crippen molar-refractivity contribution in [1.29, 1.82) is 0 Å². The second-order valence-corrected chi connectivity index (χ2v) is 10.2. The lowest BCUT2D eigenvalue weighted by Crippen LogP contribution is -2.38. The van der Waals surface area contributed by atoms with Crippen LogP contribution in [-0.2, 0) is 11.2 Å². The first-order chi connectivity index (χ1) is 19.1. The Balaban J connectivity index is 1.40. The zero-order valence-electron chi connectivity index (χ0n) is 21.6. The minimum Gasteiger partial charge on any atom is -0.383 e. The Hall–Kier alpha value is -4.53. The molecule has 198 valence electrons. The van der Waals surface area contributed by atoms with E-state index >= 15 is 0 Å². The summed E-state index contributed by atoms with van der Waals surface area (Å²) >= 11 is 0. The Labute approximate surface area is 226 Å². The molecular formula is C30H31N7O2. The van der Waals surface area contributed by atoms with Gasteiger partial charge in [-0.25, -0.2) is 9.97 Å². The molecule has 2 amide bonds. The molecule has 4 N–H and O–H groups in total. The molecule has 0 spiro atoms. The molecule has 4 aromatic rings. The first kappa shape index (κ1) is 24.8. The van der Waals surface area contributed by atoms with E-state index in [1.165, 1.54) is 0 Å². The standard InChI is InChI=1S/C30H31N7O2/c31-29-26-27(19-12-14-20(15-13-19)30(39)35-24-10-4-5-16-32-24)36-37-23-9-6-8-22(17-23)34-25(38)11-3-1-2-7-21(18-33-29)28(26)37/h1-2,4-5,10,12-16,18,22-23H,3,6-9,11,17H2,(H2,31,33)(H,34,38)(H,32,35,39)/b2-1+/t22-,23-/m1/s1. The summed E-state index contributed by atoms with van der Waals surface area (Å²) in [5, 5.41) is 12.0. The van der Waals surface area contributed by atoms with Gasteiger partial charge < -0.3 is 16.4 Å². The van der Waals surface area contributed by atoms with Crippen molar-refractivity contribution in [3.8, 4) is 11.3 Å². The maximum absolute atomic E-state index is 12.8. The molecule has 1 aliphatic heterocycles. The number of hydrogen-bond acceptors (Lipinski definition) is 6. The zero-order valence-corrected chi connectivity index (χ0v) is 21.6. The van der Waals surface area contributed by atoms with E-state index in [-0.39, 0.29) is 23.9 Å². The van der Waals surface area contributed by atoms with Crippen LogP contribution in [-0.4, -0.2) is 37.6 Å². The number of hydrogen-bond donors (Lipinski definition) is 3. The fourth-order valence-electron chi connectivity index (χ4n) is 5.64.